The zero-order valence-corrected chi connectivity index (χ0v) is 11.8. The quantitative estimate of drug-likeness (QED) is 0.938. The number of rotatable bonds is 3. The minimum absolute atomic E-state index is 0.0575. The van der Waals surface area contributed by atoms with Crippen LogP contribution < -0.4 is 14.8 Å². The van der Waals surface area contributed by atoms with Gasteiger partial charge in [-0.2, -0.15) is 0 Å². The van der Waals surface area contributed by atoms with Gasteiger partial charge in [-0.15, -0.1) is 0 Å². The van der Waals surface area contributed by atoms with Gasteiger partial charge in [0.05, 0.1) is 25.5 Å². The Kier molecular flexibility index (Phi) is 3.90. The average Bonchev–Trinajstić information content (AvgIpc) is 2.72. The van der Waals surface area contributed by atoms with Crippen molar-refractivity contribution in [2.24, 2.45) is 0 Å². The lowest BCUT2D eigenvalue weighted by Crippen LogP contribution is -2.07. The molecule has 0 aliphatic carbocycles. The molecule has 1 unspecified atom stereocenters. The topological polar surface area (TPSA) is 43.4 Å². The van der Waals surface area contributed by atoms with Crippen molar-refractivity contribution in [3.8, 4) is 11.5 Å². The van der Waals surface area contributed by atoms with Crippen LogP contribution in [0.3, 0.4) is 0 Å². The van der Waals surface area contributed by atoms with E-state index < -0.39 is 0 Å². The average molecular weight is 288 g/mol. The number of anilines is 1. The number of benzene rings is 1. The van der Waals surface area contributed by atoms with Gasteiger partial charge in [-0.25, -0.2) is 4.39 Å². The van der Waals surface area contributed by atoms with Gasteiger partial charge in [0, 0.05) is 24.4 Å². The number of aromatic nitrogens is 1. The van der Waals surface area contributed by atoms with Crippen LogP contribution in [-0.2, 0) is 0 Å². The van der Waals surface area contributed by atoms with E-state index in [1.54, 1.807) is 6.20 Å². The summed E-state index contributed by atoms with van der Waals surface area (Å²) in [6.45, 7) is 3.28. The number of ether oxygens (including phenoxy) is 2. The van der Waals surface area contributed by atoms with Gasteiger partial charge in [0.25, 0.3) is 0 Å². The maximum Gasteiger partial charge on any atom is 0.163 e. The molecule has 3 rings (SSSR count). The highest BCUT2D eigenvalue weighted by atomic mass is 19.1. The van der Waals surface area contributed by atoms with Crippen molar-refractivity contribution in [3.63, 3.8) is 0 Å². The van der Waals surface area contributed by atoms with Gasteiger partial charge in [-0.3, -0.25) is 4.98 Å². The van der Waals surface area contributed by atoms with Gasteiger partial charge >= 0.3 is 0 Å². The monoisotopic (exact) mass is 288 g/mol. The molecular formula is C16H17FN2O2. The maximum atomic E-state index is 13.2. The van der Waals surface area contributed by atoms with E-state index >= 15 is 0 Å². The smallest absolute Gasteiger partial charge is 0.163 e. The van der Waals surface area contributed by atoms with Crippen LogP contribution in [0.5, 0.6) is 11.5 Å². The Labute approximate surface area is 122 Å². The van der Waals surface area contributed by atoms with Crippen LogP contribution in [0.1, 0.15) is 24.9 Å². The number of nitrogens with one attached hydrogen (secondary N) is 1. The Morgan fingerprint density at radius 1 is 1.14 bits per heavy atom. The number of halogens is 1. The second-order valence-corrected chi connectivity index (χ2v) is 5.01. The molecule has 0 bridgehead atoms. The van der Waals surface area contributed by atoms with Crippen LogP contribution >= 0.6 is 0 Å². The molecular weight excluding hydrogens is 271 g/mol. The number of fused-ring (bicyclic) bond motifs is 1. The molecule has 110 valence electrons. The molecule has 1 aromatic heterocycles. The lowest BCUT2D eigenvalue weighted by molar-refractivity contribution is 0.297. The zero-order chi connectivity index (χ0) is 14.7. The van der Waals surface area contributed by atoms with Crippen LogP contribution in [0.25, 0.3) is 0 Å². The zero-order valence-electron chi connectivity index (χ0n) is 11.8. The van der Waals surface area contributed by atoms with Gasteiger partial charge in [0.1, 0.15) is 5.82 Å². The first kappa shape index (κ1) is 13.7. The molecule has 0 fully saturated rings. The Bertz CT molecular complexity index is 633. The van der Waals surface area contributed by atoms with Gasteiger partial charge in [0.2, 0.25) is 0 Å². The molecule has 0 saturated carbocycles. The highest BCUT2D eigenvalue weighted by molar-refractivity contribution is 5.55. The second-order valence-electron chi connectivity index (χ2n) is 5.01. The van der Waals surface area contributed by atoms with Crippen molar-refractivity contribution in [2.45, 2.75) is 19.4 Å². The van der Waals surface area contributed by atoms with E-state index in [-0.39, 0.29) is 11.9 Å². The van der Waals surface area contributed by atoms with Crippen molar-refractivity contribution < 1.29 is 13.9 Å². The molecule has 0 radical (unpaired) electrons. The predicted octanol–water partition coefficient (Wildman–Crippen LogP) is 3.56. The predicted molar refractivity (Wildman–Crippen MR) is 78.3 cm³/mol. The van der Waals surface area contributed by atoms with Crippen LogP contribution in [-0.4, -0.2) is 18.2 Å². The first-order chi connectivity index (χ1) is 10.2. The molecule has 2 aromatic rings. The van der Waals surface area contributed by atoms with Crippen molar-refractivity contribution in [2.75, 3.05) is 18.5 Å². The molecule has 1 atom stereocenters. The van der Waals surface area contributed by atoms with Crippen molar-refractivity contribution in [1.82, 2.24) is 4.98 Å². The second kappa shape index (κ2) is 5.99. The Morgan fingerprint density at radius 2 is 1.95 bits per heavy atom. The largest absolute Gasteiger partial charge is 0.490 e. The summed E-state index contributed by atoms with van der Waals surface area (Å²) >= 11 is 0. The molecule has 0 spiro atoms. The van der Waals surface area contributed by atoms with E-state index in [0.29, 0.717) is 13.2 Å². The lowest BCUT2D eigenvalue weighted by atomic mass is 10.1. The summed E-state index contributed by atoms with van der Waals surface area (Å²) in [6, 6.07) is 7.14. The van der Waals surface area contributed by atoms with Crippen molar-refractivity contribution >= 4 is 5.69 Å². The minimum atomic E-state index is -0.334. The van der Waals surface area contributed by atoms with Gasteiger partial charge in [-0.1, -0.05) is 0 Å². The fraction of sp³-hybridized carbons (Fsp3) is 0.312. The third-order valence-corrected chi connectivity index (χ3v) is 3.36. The Hall–Kier alpha value is -2.30. The summed E-state index contributed by atoms with van der Waals surface area (Å²) in [4.78, 5) is 3.87. The summed E-state index contributed by atoms with van der Waals surface area (Å²) in [7, 11) is 0. The number of hydrogen-bond donors (Lipinski definition) is 1. The van der Waals surface area contributed by atoms with Gasteiger partial charge < -0.3 is 14.8 Å². The Morgan fingerprint density at radius 3 is 2.76 bits per heavy atom. The van der Waals surface area contributed by atoms with Gasteiger partial charge in [0.15, 0.2) is 11.5 Å². The van der Waals surface area contributed by atoms with Crippen LogP contribution in [0, 0.1) is 5.82 Å². The lowest BCUT2D eigenvalue weighted by Gasteiger charge is -2.17. The number of hydrogen-bond acceptors (Lipinski definition) is 4. The van der Waals surface area contributed by atoms with E-state index in [2.05, 4.69) is 10.3 Å². The SMILES string of the molecule is CC(Nc1ccc2c(c1)OCCCO2)c1cncc(F)c1. The fourth-order valence-electron chi connectivity index (χ4n) is 2.25. The molecule has 0 amide bonds. The molecule has 1 aliphatic heterocycles. The normalized spacial score (nSPS) is 15.1. The molecule has 0 saturated heterocycles. The van der Waals surface area contributed by atoms with E-state index in [4.69, 9.17) is 9.47 Å². The summed E-state index contributed by atoms with van der Waals surface area (Å²) in [6.07, 6.45) is 3.73. The Balaban J connectivity index is 1.77. The standard InChI is InChI=1S/C16H17FN2O2/c1-11(12-7-13(17)10-18-9-12)19-14-3-4-15-16(8-14)21-6-2-5-20-15/h3-4,7-11,19H,2,5-6H2,1H3. The van der Waals surface area contributed by atoms with Crippen LogP contribution in [0.4, 0.5) is 10.1 Å². The summed E-state index contributed by atoms with van der Waals surface area (Å²) in [5.74, 6) is 1.17. The van der Waals surface area contributed by atoms with Crippen molar-refractivity contribution in [3.05, 3.63) is 48.0 Å². The van der Waals surface area contributed by atoms with Crippen LogP contribution in [0.15, 0.2) is 36.7 Å². The molecule has 1 aromatic carbocycles. The highest BCUT2D eigenvalue weighted by Crippen LogP contribution is 2.33. The third kappa shape index (κ3) is 3.24. The summed E-state index contributed by atoms with van der Waals surface area (Å²) < 4.78 is 24.5. The maximum absolute atomic E-state index is 13.2. The minimum Gasteiger partial charge on any atom is -0.490 e. The van der Waals surface area contributed by atoms with E-state index in [9.17, 15) is 4.39 Å². The van der Waals surface area contributed by atoms with E-state index in [1.165, 1.54) is 12.3 Å². The van der Waals surface area contributed by atoms with E-state index in [1.807, 2.05) is 25.1 Å². The first-order valence-corrected chi connectivity index (χ1v) is 6.99. The fourth-order valence-corrected chi connectivity index (χ4v) is 2.25. The molecule has 1 aliphatic rings. The van der Waals surface area contributed by atoms with Crippen LogP contribution in [0.2, 0.25) is 0 Å². The molecule has 21 heavy (non-hydrogen) atoms. The highest BCUT2D eigenvalue weighted by Gasteiger charge is 2.12. The summed E-state index contributed by atoms with van der Waals surface area (Å²) in [5.41, 5.74) is 1.69. The number of pyridine rings is 1. The molecule has 4 nitrogen and oxygen atoms in total. The molecule has 5 heteroatoms. The first-order valence-electron chi connectivity index (χ1n) is 6.99. The molecule has 1 N–H and O–H groups in total. The van der Waals surface area contributed by atoms with E-state index in [0.717, 1.165) is 29.2 Å². The van der Waals surface area contributed by atoms with Gasteiger partial charge in [-0.05, 0) is 30.7 Å². The summed E-state index contributed by atoms with van der Waals surface area (Å²) in [5, 5.41) is 3.31. The molecule has 2 heterocycles. The number of nitrogens with zero attached hydrogens (tertiary/aromatic N) is 1. The van der Waals surface area contributed by atoms with Crippen molar-refractivity contribution in [1.29, 1.82) is 0 Å². The third-order valence-electron chi connectivity index (χ3n) is 3.36.